The summed E-state index contributed by atoms with van der Waals surface area (Å²) in [4.78, 5) is 2.54. The Labute approximate surface area is 150 Å². The maximum atomic E-state index is 5.51. The number of ether oxygens (including phenoxy) is 1. The Hall–Kier alpha value is -1.55. The van der Waals surface area contributed by atoms with Gasteiger partial charge in [-0.25, -0.2) is 0 Å². The van der Waals surface area contributed by atoms with Crippen LogP contribution in [0.25, 0.3) is 0 Å². The van der Waals surface area contributed by atoms with Crippen molar-refractivity contribution in [1.29, 1.82) is 0 Å². The molecule has 0 spiro atoms. The number of nitrogens with zero attached hydrogens (tertiary/aromatic N) is 1. The van der Waals surface area contributed by atoms with Crippen LogP contribution in [-0.2, 0) is 11.8 Å². The lowest BCUT2D eigenvalue weighted by Gasteiger charge is -2.50. The van der Waals surface area contributed by atoms with E-state index >= 15 is 0 Å². The summed E-state index contributed by atoms with van der Waals surface area (Å²) < 4.78 is 5.51. The molecule has 2 bridgehead atoms. The first-order chi connectivity index (χ1) is 10.7. The second kappa shape index (κ2) is 7.14. The summed E-state index contributed by atoms with van der Waals surface area (Å²) in [6.45, 7) is 1.16. The molecule has 4 rings (SSSR count). The molecule has 3 nitrogen and oxygen atoms in total. The molecule has 2 aromatic carbocycles. The lowest BCUT2D eigenvalue weighted by Crippen LogP contribution is -2.52. The molecule has 2 N–H and O–H groups in total. The smallest absolute Gasteiger partial charge is 0.119 e. The largest absolute Gasteiger partial charge is 0.497 e. The molecule has 1 saturated heterocycles. The zero-order chi connectivity index (χ0) is 15.2. The van der Waals surface area contributed by atoms with Gasteiger partial charge < -0.3 is 15.1 Å². The van der Waals surface area contributed by atoms with E-state index in [4.69, 9.17) is 4.74 Å². The van der Waals surface area contributed by atoms with Crippen molar-refractivity contribution in [2.24, 2.45) is 0 Å². The summed E-state index contributed by atoms with van der Waals surface area (Å²) >= 11 is 0. The molecule has 2 atom stereocenters. The standard InChI is InChI=1S/C20H23NO.ClH.H2O/c1-21-11-10-20(16-6-4-3-5-7-16)14-17(21)12-15-8-9-18(22-2)13-19(15)20;;/h3-9,13,17H,10-12,14H2,1-2H3;1H;1H2. The van der Waals surface area contributed by atoms with E-state index in [1.807, 2.05) is 0 Å². The molecule has 4 heteroatoms. The highest BCUT2D eigenvalue weighted by molar-refractivity contribution is 5.85. The van der Waals surface area contributed by atoms with Gasteiger partial charge in [-0.1, -0.05) is 36.4 Å². The molecule has 2 unspecified atom stereocenters. The van der Waals surface area contributed by atoms with Gasteiger partial charge in [-0.3, -0.25) is 0 Å². The van der Waals surface area contributed by atoms with Crippen molar-refractivity contribution in [1.82, 2.24) is 4.90 Å². The Morgan fingerprint density at radius 2 is 1.88 bits per heavy atom. The van der Waals surface area contributed by atoms with Gasteiger partial charge in [0.2, 0.25) is 0 Å². The molecule has 2 aliphatic rings. The van der Waals surface area contributed by atoms with Gasteiger partial charge in [-0.2, -0.15) is 0 Å². The summed E-state index contributed by atoms with van der Waals surface area (Å²) in [6, 6.07) is 18.4. The Kier molecular flexibility index (Phi) is 5.59. The van der Waals surface area contributed by atoms with E-state index in [9.17, 15) is 0 Å². The highest BCUT2D eigenvalue weighted by atomic mass is 35.5. The van der Waals surface area contributed by atoms with Gasteiger partial charge in [0.05, 0.1) is 7.11 Å². The van der Waals surface area contributed by atoms with Crippen LogP contribution in [0.3, 0.4) is 0 Å². The van der Waals surface area contributed by atoms with Gasteiger partial charge in [0.25, 0.3) is 0 Å². The van der Waals surface area contributed by atoms with Crippen LogP contribution in [0.5, 0.6) is 5.75 Å². The second-order valence-electron chi connectivity index (χ2n) is 6.76. The van der Waals surface area contributed by atoms with E-state index in [1.165, 1.54) is 29.5 Å². The fourth-order valence-corrected chi connectivity index (χ4v) is 4.42. The lowest BCUT2D eigenvalue weighted by molar-refractivity contribution is 0.123. The van der Waals surface area contributed by atoms with Crippen molar-refractivity contribution < 1.29 is 10.2 Å². The topological polar surface area (TPSA) is 44.0 Å². The summed E-state index contributed by atoms with van der Waals surface area (Å²) in [5.41, 5.74) is 4.60. The Balaban J connectivity index is 0.00000104. The minimum Gasteiger partial charge on any atom is -0.497 e. The third kappa shape index (κ3) is 2.81. The van der Waals surface area contributed by atoms with Crippen LogP contribution in [0.2, 0.25) is 0 Å². The fraction of sp³-hybridized carbons (Fsp3) is 0.400. The van der Waals surface area contributed by atoms with Gasteiger partial charge >= 0.3 is 0 Å². The Morgan fingerprint density at radius 3 is 2.58 bits per heavy atom. The van der Waals surface area contributed by atoms with E-state index in [1.54, 1.807) is 7.11 Å². The number of benzene rings is 2. The van der Waals surface area contributed by atoms with Gasteiger partial charge in [-0.05, 0) is 61.7 Å². The van der Waals surface area contributed by atoms with E-state index in [2.05, 4.69) is 60.5 Å². The Bertz CT molecular complexity index is 691. The van der Waals surface area contributed by atoms with Crippen LogP contribution >= 0.6 is 12.4 Å². The van der Waals surface area contributed by atoms with Gasteiger partial charge in [0, 0.05) is 11.5 Å². The molecule has 1 fully saturated rings. The molecule has 0 aromatic heterocycles. The van der Waals surface area contributed by atoms with Gasteiger partial charge in [-0.15, -0.1) is 12.4 Å². The number of likely N-dealkylation sites (tertiary alicyclic amines) is 1. The average molecular weight is 348 g/mol. The predicted octanol–water partition coefficient (Wildman–Crippen LogP) is 3.23. The first kappa shape index (κ1) is 18.8. The molecule has 2 aromatic rings. The molecule has 1 aliphatic heterocycles. The molecule has 1 heterocycles. The molecular formula is C20H26ClNO2. The van der Waals surface area contributed by atoms with Crippen LogP contribution in [0.4, 0.5) is 0 Å². The van der Waals surface area contributed by atoms with Crippen LogP contribution in [0, 0.1) is 0 Å². The molecule has 0 saturated carbocycles. The highest BCUT2D eigenvalue weighted by Crippen LogP contribution is 2.49. The van der Waals surface area contributed by atoms with E-state index in [0.29, 0.717) is 6.04 Å². The minimum atomic E-state index is 0. The van der Waals surface area contributed by atoms with E-state index in [0.717, 1.165) is 18.7 Å². The maximum absolute atomic E-state index is 5.51. The quantitative estimate of drug-likeness (QED) is 0.837. The van der Waals surface area contributed by atoms with Crippen molar-refractivity contribution in [3.63, 3.8) is 0 Å². The molecule has 24 heavy (non-hydrogen) atoms. The summed E-state index contributed by atoms with van der Waals surface area (Å²) in [6.07, 6.45) is 3.56. The minimum absolute atomic E-state index is 0. The van der Waals surface area contributed by atoms with Crippen molar-refractivity contribution >= 4 is 12.4 Å². The fourth-order valence-electron chi connectivity index (χ4n) is 4.42. The molecule has 0 radical (unpaired) electrons. The highest BCUT2D eigenvalue weighted by Gasteiger charge is 2.45. The molecule has 130 valence electrons. The van der Waals surface area contributed by atoms with Crippen molar-refractivity contribution in [2.45, 2.75) is 30.7 Å². The first-order valence-electron chi connectivity index (χ1n) is 8.16. The number of rotatable bonds is 2. The zero-order valence-electron chi connectivity index (χ0n) is 14.3. The van der Waals surface area contributed by atoms with Crippen molar-refractivity contribution in [3.8, 4) is 5.75 Å². The van der Waals surface area contributed by atoms with Gasteiger partial charge in [0.15, 0.2) is 0 Å². The average Bonchev–Trinajstić information content (AvgIpc) is 2.59. The number of fused-ring (bicyclic) bond motifs is 4. The number of halogens is 1. The van der Waals surface area contributed by atoms with Crippen LogP contribution < -0.4 is 4.74 Å². The third-order valence-electron chi connectivity index (χ3n) is 5.71. The molecule has 1 aliphatic carbocycles. The maximum Gasteiger partial charge on any atom is 0.119 e. The molecule has 0 amide bonds. The lowest BCUT2D eigenvalue weighted by atomic mass is 9.60. The van der Waals surface area contributed by atoms with Crippen molar-refractivity contribution in [2.75, 3.05) is 20.7 Å². The predicted molar refractivity (Wildman–Crippen MR) is 100 cm³/mol. The number of methoxy groups -OCH3 is 1. The monoisotopic (exact) mass is 347 g/mol. The third-order valence-corrected chi connectivity index (χ3v) is 5.71. The summed E-state index contributed by atoms with van der Waals surface area (Å²) in [5.74, 6) is 0.978. The summed E-state index contributed by atoms with van der Waals surface area (Å²) in [7, 11) is 4.03. The second-order valence-corrected chi connectivity index (χ2v) is 6.76. The zero-order valence-corrected chi connectivity index (χ0v) is 15.1. The van der Waals surface area contributed by atoms with Gasteiger partial charge in [0.1, 0.15) is 5.75 Å². The SMILES string of the molecule is COc1ccc2c(c1)C1(c3ccccc3)CCN(C)C(C2)C1.Cl.O. The first-order valence-corrected chi connectivity index (χ1v) is 8.16. The van der Waals surface area contributed by atoms with Crippen LogP contribution in [0.15, 0.2) is 48.5 Å². The normalized spacial score (nSPS) is 25.0. The molecular weight excluding hydrogens is 322 g/mol. The summed E-state index contributed by atoms with van der Waals surface area (Å²) in [5, 5.41) is 0. The van der Waals surface area contributed by atoms with Crippen LogP contribution in [-0.4, -0.2) is 37.1 Å². The van der Waals surface area contributed by atoms with E-state index in [-0.39, 0.29) is 23.3 Å². The number of hydrogen-bond donors (Lipinski definition) is 0. The number of likely N-dealkylation sites (N-methyl/N-ethyl adjacent to an activating group) is 1. The Morgan fingerprint density at radius 1 is 1.12 bits per heavy atom. The van der Waals surface area contributed by atoms with Crippen LogP contribution in [0.1, 0.15) is 29.5 Å². The van der Waals surface area contributed by atoms with Crippen molar-refractivity contribution in [3.05, 3.63) is 65.2 Å². The number of piperidine rings is 1. The number of hydrogen-bond acceptors (Lipinski definition) is 2. The van der Waals surface area contributed by atoms with E-state index < -0.39 is 0 Å².